The van der Waals surface area contributed by atoms with Crippen LogP contribution in [0.1, 0.15) is 22.3 Å². The van der Waals surface area contributed by atoms with Crippen LogP contribution in [-0.2, 0) is 17.9 Å². The molecular formula is C28H25BrFN3O3. The molecule has 184 valence electrons. The monoisotopic (exact) mass is 549 g/mol. The molecule has 4 rings (SSSR count). The largest absolute Gasteiger partial charge is 0.496 e. The molecule has 0 bridgehead atoms. The van der Waals surface area contributed by atoms with Gasteiger partial charge in [-0.15, -0.1) is 0 Å². The molecule has 0 spiro atoms. The summed E-state index contributed by atoms with van der Waals surface area (Å²) in [7, 11) is 1.61. The molecule has 1 aromatic heterocycles. The molecule has 4 aromatic rings. The van der Waals surface area contributed by atoms with Gasteiger partial charge in [-0.1, -0.05) is 42.0 Å². The molecule has 0 aliphatic rings. The van der Waals surface area contributed by atoms with Gasteiger partial charge < -0.3 is 14.8 Å². The van der Waals surface area contributed by atoms with Gasteiger partial charge in [0, 0.05) is 23.4 Å². The first kappa shape index (κ1) is 25.2. The summed E-state index contributed by atoms with van der Waals surface area (Å²) in [5, 5.41) is 7.08. The first-order chi connectivity index (χ1) is 17.4. The van der Waals surface area contributed by atoms with Crippen molar-refractivity contribution in [3.05, 3.63) is 112 Å². The third kappa shape index (κ3) is 6.60. The fourth-order valence-corrected chi connectivity index (χ4v) is 3.92. The summed E-state index contributed by atoms with van der Waals surface area (Å²) in [6.45, 7) is 2.59. The smallest absolute Gasteiger partial charge is 0.249 e. The SMILES string of the molecule is COc1ccc(/C=C/C(=O)Nc2nn(Cc3ccccc3F)cc2Br)cc1COc1ccc(C)cc1. The number of carbonyl (C=O) groups is 1. The quantitative estimate of drug-likeness (QED) is 0.246. The Labute approximate surface area is 217 Å². The molecule has 0 radical (unpaired) electrons. The fourth-order valence-electron chi connectivity index (χ4n) is 3.50. The first-order valence-corrected chi connectivity index (χ1v) is 12.0. The molecule has 0 aliphatic carbocycles. The van der Waals surface area contributed by atoms with Crippen LogP contribution in [0.15, 0.2) is 83.5 Å². The number of aryl methyl sites for hydroxylation is 1. The highest BCUT2D eigenvalue weighted by atomic mass is 79.9. The van der Waals surface area contributed by atoms with E-state index in [4.69, 9.17) is 9.47 Å². The van der Waals surface area contributed by atoms with Crippen molar-refractivity contribution in [1.82, 2.24) is 9.78 Å². The highest BCUT2D eigenvalue weighted by molar-refractivity contribution is 9.10. The van der Waals surface area contributed by atoms with Gasteiger partial charge in [0.2, 0.25) is 5.91 Å². The Kier molecular flexibility index (Phi) is 8.17. The number of benzene rings is 3. The van der Waals surface area contributed by atoms with E-state index in [9.17, 15) is 9.18 Å². The molecule has 0 atom stereocenters. The van der Waals surface area contributed by atoms with E-state index in [2.05, 4.69) is 26.3 Å². The van der Waals surface area contributed by atoms with Crippen LogP contribution >= 0.6 is 15.9 Å². The van der Waals surface area contributed by atoms with Crippen molar-refractivity contribution in [3.8, 4) is 11.5 Å². The van der Waals surface area contributed by atoms with Crippen LogP contribution in [0.5, 0.6) is 11.5 Å². The van der Waals surface area contributed by atoms with Crippen molar-refractivity contribution in [1.29, 1.82) is 0 Å². The van der Waals surface area contributed by atoms with Crippen LogP contribution in [0, 0.1) is 12.7 Å². The van der Waals surface area contributed by atoms with Crippen LogP contribution in [0.3, 0.4) is 0 Å². The van der Waals surface area contributed by atoms with E-state index in [-0.39, 0.29) is 18.3 Å². The molecule has 3 aromatic carbocycles. The Hall–Kier alpha value is -3.91. The third-order valence-corrected chi connectivity index (χ3v) is 5.98. The number of amides is 1. The lowest BCUT2D eigenvalue weighted by atomic mass is 10.1. The average molecular weight is 550 g/mol. The number of hydrogen-bond donors (Lipinski definition) is 1. The number of anilines is 1. The maximum absolute atomic E-state index is 13.9. The average Bonchev–Trinajstić information content (AvgIpc) is 3.22. The summed E-state index contributed by atoms with van der Waals surface area (Å²) in [6, 6.07) is 19.9. The van der Waals surface area contributed by atoms with Gasteiger partial charge in [-0.25, -0.2) is 4.39 Å². The summed E-state index contributed by atoms with van der Waals surface area (Å²) >= 11 is 3.40. The summed E-state index contributed by atoms with van der Waals surface area (Å²) in [5.41, 5.74) is 3.34. The zero-order chi connectivity index (χ0) is 25.5. The predicted molar refractivity (Wildman–Crippen MR) is 142 cm³/mol. The van der Waals surface area contributed by atoms with Crippen molar-refractivity contribution in [3.63, 3.8) is 0 Å². The number of methoxy groups -OCH3 is 1. The number of halogens is 2. The minimum Gasteiger partial charge on any atom is -0.496 e. The van der Waals surface area contributed by atoms with Crippen LogP contribution in [0.2, 0.25) is 0 Å². The maximum atomic E-state index is 13.9. The molecular weight excluding hydrogens is 525 g/mol. The van der Waals surface area contributed by atoms with E-state index in [1.807, 2.05) is 49.4 Å². The number of nitrogens with one attached hydrogen (secondary N) is 1. The van der Waals surface area contributed by atoms with Crippen LogP contribution in [0.25, 0.3) is 6.08 Å². The molecule has 36 heavy (non-hydrogen) atoms. The molecule has 6 nitrogen and oxygen atoms in total. The van der Waals surface area contributed by atoms with Gasteiger partial charge in [-0.05, 0) is 64.8 Å². The second kappa shape index (κ2) is 11.7. The Bertz CT molecular complexity index is 1380. The van der Waals surface area contributed by atoms with Gasteiger partial charge in [0.25, 0.3) is 0 Å². The maximum Gasteiger partial charge on any atom is 0.249 e. The van der Waals surface area contributed by atoms with Crippen LogP contribution in [-0.4, -0.2) is 22.8 Å². The minimum absolute atomic E-state index is 0.246. The molecule has 0 saturated heterocycles. The predicted octanol–water partition coefficient (Wildman–Crippen LogP) is 6.38. The highest BCUT2D eigenvalue weighted by Gasteiger charge is 2.11. The topological polar surface area (TPSA) is 65.4 Å². The van der Waals surface area contributed by atoms with Crippen molar-refractivity contribution in [2.75, 3.05) is 12.4 Å². The lowest BCUT2D eigenvalue weighted by Crippen LogP contribution is -2.10. The number of ether oxygens (including phenoxy) is 2. The highest BCUT2D eigenvalue weighted by Crippen LogP contribution is 2.24. The molecule has 0 aliphatic heterocycles. The second-order valence-corrected chi connectivity index (χ2v) is 8.96. The fraction of sp³-hybridized carbons (Fsp3) is 0.143. The van der Waals surface area contributed by atoms with Gasteiger partial charge in [0.15, 0.2) is 5.82 Å². The van der Waals surface area contributed by atoms with Crippen LogP contribution < -0.4 is 14.8 Å². The zero-order valence-electron chi connectivity index (χ0n) is 19.9. The number of aromatic nitrogens is 2. The van der Waals surface area contributed by atoms with Gasteiger partial charge in [-0.2, -0.15) is 5.10 Å². The molecule has 8 heteroatoms. The minimum atomic E-state index is -0.347. The molecule has 1 N–H and O–H groups in total. The van der Waals surface area contributed by atoms with Gasteiger partial charge >= 0.3 is 0 Å². The van der Waals surface area contributed by atoms with Crippen molar-refractivity contribution in [2.24, 2.45) is 0 Å². The number of hydrogen-bond acceptors (Lipinski definition) is 4. The van der Waals surface area contributed by atoms with E-state index in [1.54, 1.807) is 42.3 Å². The van der Waals surface area contributed by atoms with E-state index < -0.39 is 0 Å². The Morgan fingerprint density at radius 2 is 1.89 bits per heavy atom. The molecule has 1 amide bonds. The molecule has 1 heterocycles. The van der Waals surface area contributed by atoms with Crippen molar-refractivity contribution < 1.29 is 18.7 Å². The van der Waals surface area contributed by atoms with Crippen molar-refractivity contribution >= 4 is 33.7 Å². The van der Waals surface area contributed by atoms with Gasteiger partial charge in [-0.3, -0.25) is 9.48 Å². The summed E-state index contributed by atoms with van der Waals surface area (Å²) in [6.07, 6.45) is 4.82. The van der Waals surface area contributed by atoms with E-state index >= 15 is 0 Å². The summed E-state index contributed by atoms with van der Waals surface area (Å²) < 4.78 is 27.4. The van der Waals surface area contributed by atoms with E-state index in [0.29, 0.717) is 28.2 Å². The van der Waals surface area contributed by atoms with Gasteiger partial charge in [0.05, 0.1) is 18.1 Å². The lowest BCUT2D eigenvalue weighted by Gasteiger charge is -2.11. The lowest BCUT2D eigenvalue weighted by molar-refractivity contribution is -0.111. The van der Waals surface area contributed by atoms with E-state index in [1.165, 1.54) is 12.1 Å². The van der Waals surface area contributed by atoms with Crippen LogP contribution in [0.4, 0.5) is 10.2 Å². The molecule has 0 fully saturated rings. The standard InChI is InChI=1S/C28H25BrFN3O3/c1-19-7-11-23(12-8-19)36-18-22-15-20(9-13-26(22)35-2)10-14-27(34)31-28-24(29)17-33(32-28)16-21-5-3-4-6-25(21)30/h3-15,17H,16,18H2,1-2H3,(H,31,32,34)/b14-10+. The Balaban J connectivity index is 1.40. The summed E-state index contributed by atoms with van der Waals surface area (Å²) in [5.74, 6) is 1.17. The van der Waals surface area contributed by atoms with E-state index in [0.717, 1.165) is 22.4 Å². The number of rotatable bonds is 9. The van der Waals surface area contributed by atoms with Crippen molar-refractivity contribution in [2.45, 2.75) is 20.1 Å². The number of carbonyl (C=O) groups excluding carboxylic acids is 1. The summed E-state index contributed by atoms with van der Waals surface area (Å²) in [4.78, 5) is 12.5. The normalized spacial score (nSPS) is 11.0. The molecule has 0 saturated carbocycles. The van der Waals surface area contributed by atoms with Gasteiger partial charge in [0.1, 0.15) is 23.9 Å². The second-order valence-electron chi connectivity index (χ2n) is 8.11. The number of nitrogens with zero attached hydrogens (tertiary/aromatic N) is 2. The zero-order valence-corrected chi connectivity index (χ0v) is 21.5. The third-order valence-electron chi connectivity index (χ3n) is 5.40. The Morgan fingerprint density at radius 3 is 2.64 bits per heavy atom. The first-order valence-electron chi connectivity index (χ1n) is 11.2. The molecule has 0 unspecified atom stereocenters. The Morgan fingerprint density at radius 1 is 1.11 bits per heavy atom.